The normalized spacial score (nSPS) is 18.3. The van der Waals surface area contributed by atoms with E-state index in [2.05, 4.69) is 25.8 Å². The average molecular weight is 401 g/mol. The lowest BCUT2D eigenvalue weighted by Gasteiger charge is -2.12. The number of nitrogens with one attached hydrogen (secondary N) is 3. The van der Waals surface area contributed by atoms with E-state index in [1.807, 2.05) is 13.0 Å². The standard InChI is InChI=1S/C20H27N5O4/c1-3-8-29-20(27)22-15-6-5-14(10-15)16-11-17(25-24-16)23-18(26)9-13-4-7-19(28-2)21-12-13/h4,7,11-12,14-15H,3,5-6,8-10H2,1-2H3,(H,22,27)(H2,23,24,25,26)/t14-,15+/m0/s1. The summed E-state index contributed by atoms with van der Waals surface area (Å²) >= 11 is 0. The molecule has 2 heterocycles. The number of rotatable bonds is 8. The highest BCUT2D eigenvalue weighted by Gasteiger charge is 2.28. The molecule has 2 amide bonds. The second-order valence-electron chi connectivity index (χ2n) is 7.13. The molecule has 9 heteroatoms. The van der Waals surface area contributed by atoms with Gasteiger partial charge in [-0.1, -0.05) is 13.0 Å². The van der Waals surface area contributed by atoms with Crippen LogP contribution in [0.5, 0.6) is 5.88 Å². The maximum Gasteiger partial charge on any atom is 0.407 e. The summed E-state index contributed by atoms with van der Waals surface area (Å²) in [6, 6.07) is 5.47. The quantitative estimate of drug-likeness (QED) is 0.626. The molecule has 2 atom stereocenters. The van der Waals surface area contributed by atoms with E-state index in [9.17, 15) is 9.59 Å². The van der Waals surface area contributed by atoms with E-state index in [0.29, 0.717) is 18.3 Å². The topological polar surface area (TPSA) is 118 Å². The number of alkyl carbamates (subject to hydrolysis) is 1. The summed E-state index contributed by atoms with van der Waals surface area (Å²) in [6.45, 7) is 2.39. The van der Waals surface area contributed by atoms with Gasteiger partial charge < -0.3 is 20.1 Å². The number of ether oxygens (including phenoxy) is 2. The number of H-pyrrole nitrogens is 1. The van der Waals surface area contributed by atoms with Crippen molar-refractivity contribution >= 4 is 17.8 Å². The van der Waals surface area contributed by atoms with E-state index in [1.54, 1.807) is 25.4 Å². The maximum absolute atomic E-state index is 12.2. The Labute approximate surface area is 169 Å². The SMILES string of the molecule is CCCOC(=O)N[C@@H]1CC[C@H](c2cc(NC(=O)Cc3ccc(OC)nc3)n[nH]2)C1. The van der Waals surface area contributed by atoms with Crippen LogP contribution in [-0.4, -0.2) is 46.9 Å². The number of aromatic nitrogens is 3. The molecule has 1 saturated carbocycles. The molecule has 0 spiro atoms. The minimum atomic E-state index is -0.358. The number of aromatic amines is 1. The molecule has 9 nitrogen and oxygen atoms in total. The molecule has 0 radical (unpaired) electrons. The third-order valence-corrected chi connectivity index (χ3v) is 4.87. The van der Waals surface area contributed by atoms with Gasteiger partial charge in [-0.3, -0.25) is 9.89 Å². The predicted molar refractivity (Wildman–Crippen MR) is 107 cm³/mol. The van der Waals surface area contributed by atoms with Crippen LogP contribution in [0, 0.1) is 0 Å². The summed E-state index contributed by atoms with van der Waals surface area (Å²) in [5.41, 5.74) is 1.75. The van der Waals surface area contributed by atoms with E-state index in [1.165, 1.54) is 0 Å². The fourth-order valence-corrected chi connectivity index (χ4v) is 3.42. The van der Waals surface area contributed by atoms with Crippen molar-refractivity contribution in [1.82, 2.24) is 20.5 Å². The number of amides is 2. The van der Waals surface area contributed by atoms with Crippen LogP contribution in [0.2, 0.25) is 0 Å². The van der Waals surface area contributed by atoms with Crippen molar-refractivity contribution in [3.05, 3.63) is 35.7 Å². The van der Waals surface area contributed by atoms with E-state index in [4.69, 9.17) is 9.47 Å². The van der Waals surface area contributed by atoms with Crippen LogP contribution >= 0.6 is 0 Å². The summed E-state index contributed by atoms with van der Waals surface area (Å²) in [5, 5.41) is 12.9. The van der Waals surface area contributed by atoms with Crippen molar-refractivity contribution < 1.29 is 19.1 Å². The highest BCUT2D eigenvalue weighted by atomic mass is 16.5. The van der Waals surface area contributed by atoms with E-state index < -0.39 is 0 Å². The number of anilines is 1. The van der Waals surface area contributed by atoms with Gasteiger partial charge in [-0.2, -0.15) is 5.10 Å². The number of methoxy groups -OCH3 is 1. The van der Waals surface area contributed by atoms with Crippen molar-refractivity contribution in [1.29, 1.82) is 0 Å². The van der Waals surface area contributed by atoms with Crippen molar-refractivity contribution in [3.8, 4) is 5.88 Å². The van der Waals surface area contributed by atoms with Crippen LogP contribution in [0.3, 0.4) is 0 Å². The summed E-state index contributed by atoms with van der Waals surface area (Å²) in [7, 11) is 1.55. The molecule has 1 fully saturated rings. The van der Waals surface area contributed by atoms with Gasteiger partial charge in [-0.15, -0.1) is 0 Å². The lowest BCUT2D eigenvalue weighted by Crippen LogP contribution is -2.33. The van der Waals surface area contributed by atoms with Gasteiger partial charge in [0, 0.05) is 36.0 Å². The van der Waals surface area contributed by atoms with Gasteiger partial charge in [-0.05, 0) is 31.2 Å². The number of pyridine rings is 1. The number of hydrogen-bond donors (Lipinski definition) is 3. The fourth-order valence-electron chi connectivity index (χ4n) is 3.42. The number of carbonyl (C=O) groups is 2. The van der Waals surface area contributed by atoms with Gasteiger partial charge in [0.15, 0.2) is 5.82 Å². The minimum Gasteiger partial charge on any atom is -0.481 e. The van der Waals surface area contributed by atoms with E-state index in [-0.39, 0.29) is 30.4 Å². The lowest BCUT2D eigenvalue weighted by atomic mass is 10.0. The van der Waals surface area contributed by atoms with Gasteiger partial charge >= 0.3 is 6.09 Å². The maximum atomic E-state index is 12.2. The first-order valence-electron chi connectivity index (χ1n) is 9.84. The fraction of sp³-hybridized carbons (Fsp3) is 0.500. The Balaban J connectivity index is 1.47. The third-order valence-electron chi connectivity index (χ3n) is 4.87. The zero-order chi connectivity index (χ0) is 20.6. The molecule has 0 unspecified atom stereocenters. The Morgan fingerprint density at radius 3 is 2.90 bits per heavy atom. The predicted octanol–water partition coefficient (Wildman–Crippen LogP) is 2.77. The zero-order valence-electron chi connectivity index (χ0n) is 16.7. The number of hydrogen-bond acceptors (Lipinski definition) is 6. The summed E-state index contributed by atoms with van der Waals surface area (Å²) < 4.78 is 10.1. The van der Waals surface area contributed by atoms with Gasteiger partial charge in [0.25, 0.3) is 0 Å². The molecule has 0 bridgehead atoms. The summed E-state index contributed by atoms with van der Waals surface area (Å²) in [6.07, 6.45) is 4.90. The molecule has 1 aliphatic rings. The van der Waals surface area contributed by atoms with Crippen molar-refractivity contribution in [2.75, 3.05) is 19.0 Å². The molecule has 3 rings (SSSR count). The second-order valence-corrected chi connectivity index (χ2v) is 7.13. The molecule has 0 saturated heterocycles. The number of carbonyl (C=O) groups excluding carboxylic acids is 2. The van der Waals surface area contributed by atoms with Gasteiger partial charge in [0.05, 0.1) is 20.1 Å². The Morgan fingerprint density at radius 2 is 2.17 bits per heavy atom. The van der Waals surface area contributed by atoms with Crippen LogP contribution < -0.4 is 15.4 Å². The Bertz CT molecular complexity index is 821. The Morgan fingerprint density at radius 1 is 1.31 bits per heavy atom. The second kappa shape index (κ2) is 9.90. The molecule has 29 heavy (non-hydrogen) atoms. The molecule has 1 aliphatic carbocycles. The molecule has 2 aromatic heterocycles. The average Bonchev–Trinajstić information content (AvgIpc) is 3.36. The molecule has 156 valence electrons. The highest BCUT2D eigenvalue weighted by molar-refractivity contribution is 5.91. The first kappa shape index (κ1) is 20.6. The van der Waals surface area contributed by atoms with Gasteiger partial charge in [-0.25, -0.2) is 9.78 Å². The van der Waals surface area contributed by atoms with Crippen molar-refractivity contribution in [3.63, 3.8) is 0 Å². The molecule has 0 aromatic carbocycles. The van der Waals surface area contributed by atoms with Gasteiger partial charge in [0.1, 0.15) is 0 Å². The van der Waals surface area contributed by atoms with Crippen LogP contribution in [0.25, 0.3) is 0 Å². The van der Waals surface area contributed by atoms with Crippen molar-refractivity contribution in [2.45, 2.75) is 51.0 Å². The smallest absolute Gasteiger partial charge is 0.407 e. The van der Waals surface area contributed by atoms with Crippen LogP contribution in [0.1, 0.15) is 49.8 Å². The van der Waals surface area contributed by atoms with Gasteiger partial charge in [0.2, 0.25) is 11.8 Å². The third kappa shape index (κ3) is 5.94. The molecule has 0 aliphatic heterocycles. The first-order valence-corrected chi connectivity index (χ1v) is 9.84. The summed E-state index contributed by atoms with van der Waals surface area (Å²) in [5.74, 6) is 1.09. The monoisotopic (exact) mass is 401 g/mol. The van der Waals surface area contributed by atoms with Crippen molar-refractivity contribution in [2.24, 2.45) is 0 Å². The molecule has 3 N–H and O–H groups in total. The number of nitrogens with zero attached hydrogens (tertiary/aromatic N) is 2. The zero-order valence-corrected chi connectivity index (χ0v) is 16.7. The molecular weight excluding hydrogens is 374 g/mol. The Kier molecular flexibility index (Phi) is 7.04. The Hall–Kier alpha value is -3.10. The first-order chi connectivity index (χ1) is 14.1. The van der Waals surface area contributed by atoms with E-state index >= 15 is 0 Å². The van der Waals surface area contributed by atoms with E-state index in [0.717, 1.165) is 36.9 Å². The van der Waals surface area contributed by atoms with Crippen LogP contribution in [0.4, 0.5) is 10.6 Å². The summed E-state index contributed by atoms with van der Waals surface area (Å²) in [4.78, 5) is 28.0. The minimum absolute atomic E-state index is 0.0910. The van der Waals surface area contributed by atoms with Crippen LogP contribution in [-0.2, 0) is 16.0 Å². The molecular formula is C20H27N5O4. The van der Waals surface area contributed by atoms with Crippen LogP contribution in [0.15, 0.2) is 24.4 Å². The molecule has 2 aromatic rings. The lowest BCUT2D eigenvalue weighted by molar-refractivity contribution is -0.115. The highest BCUT2D eigenvalue weighted by Crippen LogP contribution is 2.34. The largest absolute Gasteiger partial charge is 0.481 e.